The molecule has 0 bridgehead atoms. The van der Waals surface area contributed by atoms with Gasteiger partial charge < -0.3 is 4.74 Å². The van der Waals surface area contributed by atoms with Gasteiger partial charge in [-0.3, -0.25) is 4.90 Å². The van der Waals surface area contributed by atoms with Gasteiger partial charge in [-0.05, 0) is 70.1 Å². The summed E-state index contributed by atoms with van der Waals surface area (Å²) in [5.41, 5.74) is 2.42. The van der Waals surface area contributed by atoms with Crippen LogP contribution in [0.1, 0.15) is 40.7 Å². The second kappa shape index (κ2) is 10.1. The van der Waals surface area contributed by atoms with Crippen LogP contribution in [0.4, 0.5) is 0 Å². The van der Waals surface area contributed by atoms with Gasteiger partial charge in [0.05, 0.1) is 39.3 Å². The minimum Gasteiger partial charge on any atom is -0.461 e. The maximum Gasteiger partial charge on any atom is 0.359 e. The van der Waals surface area contributed by atoms with Gasteiger partial charge in [0.1, 0.15) is 0 Å². The number of aromatic nitrogens is 2. The van der Waals surface area contributed by atoms with Gasteiger partial charge in [0.2, 0.25) is 0 Å². The molecule has 0 amide bonds. The summed E-state index contributed by atoms with van der Waals surface area (Å²) in [6.45, 7) is 6.96. The van der Waals surface area contributed by atoms with Crippen LogP contribution in [0.25, 0.3) is 16.3 Å². The first-order valence-corrected chi connectivity index (χ1v) is 12.1. The fourth-order valence-corrected chi connectivity index (χ4v) is 5.17. The molecular formula is C24H23Cl2N3O2S. The molecule has 1 aliphatic rings. The van der Waals surface area contributed by atoms with E-state index in [4.69, 9.17) is 27.9 Å². The number of ether oxygens (including phenoxy) is 1. The van der Waals surface area contributed by atoms with Crippen molar-refractivity contribution >= 4 is 40.5 Å². The third kappa shape index (κ3) is 4.87. The first-order valence-electron chi connectivity index (χ1n) is 10.5. The molecule has 0 N–H and O–H groups in total. The number of hydrogen-bond donors (Lipinski definition) is 0. The summed E-state index contributed by atoms with van der Waals surface area (Å²) in [5, 5.41) is 5.54. The lowest BCUT2D eigenvalue weighted by atomic mass is 10.1. The Morgan fingerprint density at radius 1 is 1.22 bits per heavy atom. The molecule has 1 aromatic carbocycles. The van der Waals surface area contributed by atoms with E-state index in [0.29, 0.717) is 15.7 Å². The maximum absolute atomic E-state index is 12.5. The van der Waals surface area contributed by atoms with Crippen LogP contribution in [0.5, 0.6) is 0 Å². The average molecular weight is 488 g/mol. The third-order valence-electron chi connectivity index (χ3n) is 5.28. The number of halogens is 2. The van der Waals surface area contributed by atoms with Gasteiger partial charge in [0, 0.05) is 10.6 Å². The predicted molar refractivity (Wildman–Crippen MR) is 130 cm³/mol. The van der Waals surface area contributed by atoms with Gasteiger partial charge in [-0.25, -0.2) is 9.48 Å². The first kappa shape index (κ1) is 22.9. The molecule has 2 aromatic heterocycles. The number of rotatable bonds is 5. The molecule has 8 heteroatoms. The van der Waals surface area contributed by atoms with Crippen molar-refractivity contribution < 1.29 is 9.53 Å². The van der Waals surface area contributed by atoms with Crippen LogP contribution >= 0.6 is 34.5 Å². The minimum absolute atomic E-state index is 0.267. The van der Waals surface area contributed by atoms with E-state index in [-0.39, 0.29) is 12.3 Å². The molecule has 32 heavy (non-hydrogen) atoms. The van der Waals surface area contributed by atoms with Crippen LogP contribution in [0, 0.1) is 18.8 Å². The summed E-state index contributed by atoms with van der Waals surface area (Å²) in [7, 11) is 0. The van der Waals surface area contributed by atoms with Crippen LogP contribution in [0.2, 0.25) is 10.0 Å². The Morgan fingerprint density at radius 3 is 2.72 bits per heavy atom. The topological polar surface area (TPSA) is 47.4 Å². The predicted octanol–water partition coefficient (Wildman–Crippen LogP) is 5.84. The molecule has 4 rings (SSSR count). The molecule has 5 nitrogen and oxygen atoms in total. The molecule has 0 atom stereocenters. The van der Waals surface area contributed by atoms with Crippen molar-refractivity contribution in [2.75, 3.05) is 26.2 Å². The van der Waals surface area contributed by atoms with E-state index >= 15 is 0 Å². The fourth-order valence-electron chi connectivity index (χ4n) is 3.72. The number of hydrogen-bond acceptors (Lipinski definition) is 5. The van der Waals surface area contributed by atoms with Crippen molar-refractivity contribution in [3.05, 3.63) is 56.5 Å². The zero-order valence-electron chi connectivity index (χ0n) is 18.0. The number of carbonyl (C=O) groups excluding carboxylic acids is 1. The van der Waals surface area contributed by atoms with Gasteiger partial charge in [-0.15, -0.1) is 11.3 Å². The Labute approximate surface area is 201 Å². The van der Waals surface area contributed by atoms with Crippen LogP contribution in [0.3, 0.4) is 0 Å². The summed E-state index contributed by atoms with van der Waals surface area (Å²) in [5.74, 6) is 6.09. The van der Waals surface area contributed by atoms with Crippen molar-refractivity contribution in [1.82, 2.24) is 14.7 Å². The zero-order chi connectivity index (χ0) is 22.7. The lowest BCUT2D eigenvalue weighted by Gasteiger charge is -2.09. The van der Waals surface area contributed by atoms with E-state index in [9.17, 15) is 4.79 Å². The number of carbonyl (C=O) groups is 1. The van der Waals surface area contributed by atoms with E-state index in [1.54, 1.807) is 41.1 Å². The maximum atomic E-state index is 12.5. The van der Waals surface area contributed by atoms with Crippen LogP contribution in [-0.4, -0.2) is 46.9 Å². The lowest BCUT2D eigenvalue weighted by molar-refractivity contribution is 0.0518. The van der Waals surface area contributed by atoms with E-state index in [0.717, 1.165) is 40.6 Å². The molecule has 0 saturated carbocycles. The summed E-state index contributed by atoms with van der Waals surface area (Å²) >= 11 is 14.1. The smallest absolute Gasteiger partial charge is 0.359 e. The molecule has 3 aromatic rings. The molecule has 0 spiro atoms. The van der Waals surface area contributed by atoms with E-state index in [1.165, 1.54) is 12.8 Å². The van der Waals surface area contributed by atoms with Crippen molar-refractivity contribution in [2.24, 2.45) is 0 Å². The molecule has 0 unspecified atom stereocenters. The normalized spacial score (nSPS) is 13.8. The molecule has 1 aliphatic heterocycles. The molecule has 0 radical (unpaired) electrons. The molecule has 0 aliphatic carbocycles. The Bertz CT molecular complexity index is 1200. The van der Waals surface area contributed by atoms with E-state index in [2.05, 4.69) is 21.8 Å². The first-order chi connectivity index (χ1) is 15.5. The molecule has 1 fully saturated rings. The van der Waals surface area contributed by atoms with E-state index < -0.39 is 5.97 Å². The quantitative estimate of drug-likeness (QED) is 0.335. The standard InChI is InChI=1S/C24H23Cl2N3O2S/c1-3-31-24(30)22-16(2)23(29(27-22)20-10-8-17(25)15-19(20)26)21-11-9-18(32-21)7-6-14-28-12-4-5-13-28/h8-11,15H,3-5,12-14H2,1-2H3. The number of benzene rings is 1. The highest BCUT2D eigenvalue weighted by Crippen LogP contribution is 2.36. The fraction of sp³-hybridized carbons (Fsp3) is 0.333. The van der Waals surface area contributed by atoms with Crippen LogP contribution < -0.4 is 0 Å². The van der Waals surface area contributed by atoms with Gasteiger partial charge in [0.15, 0.2) is 5.69 Å². The Kier molecular flexibility index (Phi) is 7.22. The Balaban J connectivity index is 1.73. The summed E-state index contributed by atoms with van der Waals surface area (Å²) in [6, 6.07) is 9.20. The number of nitrogens with zero attached hydrogens (tertiary/aromatic N) is 3. The van der Waals surface area contributed by atoms with Crippen molar-refractivity contribution in [3.8, 4) is 28.1 Å². The van der Waals surface area contributed by atoms with Gasteiger partial charge in [-0.2, -0.15) is 5.10 Å². The third-order valence-corrected chi connectivity index (χ3v) is 6.83. The summed E-state index contributed by atoms with van der Waals surface area (Å²) < 4.78 is 6.90. The van der Waals surface area contributed by atoms with Gasteiger partial charge >= 0.3 is 5.97 Å². The second-order valence-electron chi connectivity index (χ2n) is 7.50. The van der Waals surface area contributed by atoms with Gasteiger partial charge in [0.25, 0.3) is 0 Å². The lowest BCUT2D eigenvalue weighted by Crippen LogP contribution is -2.18. The van der Waals surface area contributed by atoms with Crippen LogP contribution in [0.15, 0.2) is 30.3 Å². The number of thiophene rings is 1. The van der Waals surface area contributed by atoms with Crippen molar-refractivity contribution in [2.45, 2.75) is 26.7 Å². The number of likely N-dealkylation sites (tertiary alicyclic amines) is 1. The molecule has 3 heterocycles. The molecule has 1 saturated heterocycles. The SMILES string of the molecule is CCOC(=O)c1nn(-c2ccc(Cl)cc2Cl)c(-c2ccc(C#CCN3CCCC3)s2)c1C. The average Bonchev–Trinajstić information content (AvgIpc) is 3.49. The largest absolute Gasteiger partial charge is 0.461 e. The highest BCUT2D eigenvalue weighted by molar-refractivity contribution is 7.16. The Morgan fingerprint density at radius 2 is 2.00 bits per heavy atom. The zero-order valence-corrected chi connectivity index (χ0v) is 20.3. The van der Waals surface area contributed by atoms with Crippen molar-refractivity contribution in [1.29, 1.82) is 0 Å². The van der Waals surface area contributed by atoms with Crippen LogP contribution in [-0.2, 0) is 4.74 Å². The highest BCUT2D eigenvalue weighted by atomic mass is 35.5. The summed E-state index contributed by atoms with van der Waals surface area (Å²) in [4.78, 5) is 16.8. The molecule has 166 valence electrons. The monoisotopic (exact) mass is 487 g/mol. The second-order valence-corrected chi connectivity index (χ2v) is 9.43. The Hall–Kier alpha value is -2.30. The molecular weight excluding hydrogens is 465 g/mol. The van der Waals surface area contributed by atoms with E-state index in [1.807, 2.05) is 19.1 Å². The summed E-state index contributed by atoms with van der Waals surface area (Å²) in [6.07, 6.45) is 2.51. The van der Waals surface area contributed by atoms with Crippen molar-refractivity contribution in [3.63, 3.8) is 0 Å². The minimum atomic E-state index is -0.461. The highest BCUT2D eigenvalue weighted by Gasteiger charge is 2.25. The number of esters is 1. The van der Waals surface area contributed by atoms with Gasteiger partial charge in [-0.1, -0.05) is 35.0 Å².